The Hall–Kier alpha value is -4.80. The minimum atomic E-state index is -0.796. The first-order valence-corrected chi connectivity index (χ1v) is 24.0. The summed E-state index contributed by atoms with van der Waals surface area (Å²) < 4.78 is 23.2. The van der Waals surface area contributed by atoms with Gasteiger partial charge in [-0.25, -0.2) is 4.79 Å². The van der Waals surface area contributed by atoms with Crippen molar-refractivity contribution in [2.24, 2.45) is 11.8 Å². The Morgan fingerprint density at radius 1 is 0.859 bits per heavy atom. The lowest BCUT2D eigenvalue weighted by molar-refractivity contribution is -0.0439. The lowest BCUT2D eigenvalue weighted by Gasteiger charge is -2.35. The average Bonchev–Trinajstić information content (AvgIpc) is 3.94. The lowest BCUT2D eigenvalue weighted by atomic mass is 9.85. The Kier molecular flexibility index (Phi) is 15.5. The van der Waals surface area contributed by atoms with Crippen LogP contribution in [0.3, 0.4) is 0 Å². The topological polar surface area (TPSA) is 102 Å². The standard InChI is InChI=1S/C30H38N2O4.C24H36N2O2/c1-20(14-21-10-6-5-7-11-21)18-32(19-24-15-22-12-8-9-13-25(22)31-24)29(33)23-16-26(34-4)28-27(17-23)35-30(2,3)36-28;1-18(14-19-10-6-5-7-11-19)16-25-17-21-15-20-12-8-9-13-22(20)26(21)23(27)28-24(2,3)4/h5-7,10-11,14,16-17,22,24-25,31H,8-9,12-13,15,18-19H2,1-4H3;5-7,10-11,14,20-22,25H,8-9,12-13,15-17H2,1-4H3/b20-14+;18-14+/t22-,24-,25-;20-,21-,22-/m00/s1. The van der Waals surface area contributed by atoms with Crippen LogP contribution in [0, 0.1) is 11.8 Å². The Morgan fingerprint density at radius 2 is 1.50 bits per heavy atom. The monoisotopic (exact) mass is 875 g/mol. The van der Waals surface area contributed by atoms with Gasteiger partial charge < -0.3 is 39.4 Å². The van der Waals surface area contributed by atoms with E-state index in [0.717, 1.165) is 49.4 Å². The molecular weight excluding hydrogens is 801 g/mol. The number of carbonyl (C=O) groups excluding carboxylic acids is 2. The molecule has 3 heterocycles. The van der Waals surface area contributed by atoms with Crippen LogP contribution in [0.25, 0.3) is 12.2 Å². The summed E-state index contributed by atoms with van der Waals surface area (Å²) in [6, 6.07) is 25.7. The normalized spacial score (nSPS) is 24.8. The molecule has 0 aromatic heterocycles. The van der Waals surface area contributed by atoms with Crippen LogP contribution in [0.15, 0.2) is 83.9 Å². The van der Waals surface area contributed by atoms with Crippen molar-refractivity contribution in [1.82, 2.24) is 20.4 Å². The van der Waals surface area contributed by atoms with Gasteiger partial charge in [-0.05, 0) is 108 Å². The van der Waals surface area contributed by atoms with Gasteiger partial charge in [0, 0.05) is 69.8 Å². The molecule has 3 aromatic carbocycles. The highest BCUT2D eigenvalue weighted by Crippen LogP contribution is 2.47. The van der Waals surface area contributed by atoms with Crippen LogP contribution in [0.1, 0.15) is 134 Å². The Morgan fingerprint density at radius 3 is 2.16 bits per heavy atom. The van der Waals surface area contributed by atoms with Crippen molar-refractivity contribution in [3.63, 3.8) is 0 Å². The van der Waals surface area contributed by atoms with Gasteiger partial charge in [0.1, 0.15) is 5.60 Å². The lowest BCUT2D eigenvalue weighted by Crippen LogP contribution is -2.48. The van der Waals surface area contributed by atoms with Crippen LogP contribution < -0.4 is 24.8 Å². The molecule has 2 aliphatic carbocycles. The second-order valence-corrected chi connectivity index (χ2v) is 20.4. The fraction of sp³-hybridized carbons (Fsp3) is 0.556. The smallest absolute Gasteiger partial charge is 0.410 e. The summed E-state index contributed by atoms with van der Waals surface area (Å²) >= 11 is 0. The van der Waals surface area contributed by atoms with Gasteiger partial charge in [-0.3, -0.25) is 4.79 Å². The minimum Gasteiger partial charge on any atom is -0.493 e. The molecule has 3 aromatic rings. The van der Waals surface area contributed by atoms with E-state index in [0.29, 0.717) is 59.9 Å². The minimum absolute atomic E-state index is 0.0260. The molecule has 0 unspecified atom stereocenters. The summed E-state index contributed by atoms with van der Waals surface area (Å²) in [5.41, 5.74) is 4.90. The van der Waals surface area contributed by atoms with Crippen molar-refractivity contribution < 1.29 is 28.5 Å². The summed E-state index contributed by atoms with van der Waals surface area (Å²) in [6.45, 7) is 16.7. The average molecular weight is 875 g/mol. The summed E-state index contributed by atoms with van der Waals surface area (Å²) in [5, 5.41) is 7.43. The van der Waals surface area contributed by atoms with Gasteiger partial charge in [0.25, 0.3) is 5.91 Å². The number of benzene rings is 3. The number of likely N-dealkylation sites (tertiary alicyclic amines) is 1. The number of hydrogen-bond acceptors (Lipinski definition) is 8. The summed E-state index contributed by atoms with van der Waals surface area (Å²) in [5.74, 6) is 2.15. The molecule has 346 valence electrons. The van der Waals surface area contributed by atoms with Gasteiger partial charge in [0.15, 0.2) is 11.5 Å². The number of fused-ring (bicyclic) bond motifs is 3. The van der Waals surface area contributed by atoms with Gasteiger partial charge in [-0.2, -0.15) is 0 Å². The molecule has 5 aliphatic rings. The molecule has 2 saturated carbocycles. The molecule has 8 rings (SSSR count). The molecular formula is C54H74N4O6. The van der Waals surface area contributed by atoms with E-state index < -0.39 is 11.4 Å². The maximum absolute atomic E-state index is 14.0. The third-order valence-corrected chi connectivity index (χ3v) is 13.3. The van der Waals surface area contributed by atoms with E-state index in [1.54, 1.807) is 19.2 Å². The molecule has 10 nitrogen and oxygen atoms in total. The van der Waals surface area contributed by atoms with Crippen LogP contribution >= 0.6 is 0 Å². The fourth-order valence-corrected chi connectivity index (χ4v) is 10.6. The molecule has 0 radical (unpaired) electrons. The first kappa shape index (κ1) is 47.2. The first-order valence-electron chi connectivity index (χ1n) is 24.0. The van der Waals surface area contributed by atoms with E-state index in [9.17, 15) is 9.59 Å². The third kappa shape index (κ3) is 12.5. The maximum atomic E-state index is 14.0. The molecule has 3 aliphatic heterocycles. The number of nitrogens with one attached hydrogen (secondary N) is 2. The van der Waals surface area contributed by atoms with Gasteiger partial charge in [0.2, 0.25) is 11.5 Å². The number of amides is 2. The molecule has 0 bridgehead atoms. The highest BCUT2D eigenvalue weighted by Gasteiger charge is 2.46. The SMILES string of the molecule is C/C(=C\c1ccccc1)CNC[C@@H]1C[C@@H]2CCCC[C@@H]2N1C(=O)OC(C)(C)C.COc1cc(C(=O)N(C/C(C)=C/c2ccccc2)C[C@@H]2C[C@@H]3CCCC[C@@H]3N2)cc2c1OC(C)(C)O2. The predicted molar refractivity (Wildman–Crippen MR) is 257 cm³/mol. The largest absolute Gasteiger partial charge is 0.493 e. The summed E-state index contributed by atoms with van der Waals surface area (Å²) in [7, 11) is 1.59. The van der Waals surface area contributed by atoms with E-state index in [1.807, 2.05) is 63.8 Å². The molecule has 6 atom stereocenters. The van der Waals surface area contributed by atoms with E-state index in [4.69, 9.17) is 18.9 Å². The predicted octanol–water partition coefficient (Wildman–Crippen LogP) is 10.9. The molecule has 2 amide bonds. The van der Waals surface area contributed by atoms with Crippen LogP contribution in [-0.2, 0) is 4.74 Å². The Balaban J connectivity index is 0.000000198. The van der Waals surface area contributed by atoms with Crippen molar-refractivity contribution in [1.29, 1.82) is 0 Å². The zero-order valence-electron chi connectivity index (χ0n) is 39.8. The number of ether oxygens (including phenoxy) is 4. The van der Waals surface area contributed by atoms with Crippen molar-refractivity contribution in [3.8, 4) is 17.2 Å². The highest BCUT2D eigenvalue weighted by molar-refractivity contribution is 5.96. The number of hydrogen-bond donors (Lipinski definition) is 2. The first-order chi connectivity index (χ1) is 30.6. The molecule has 4 fully saturated rings. The quantitative estimate of drug-likeness (QED) is 0.186. The third-order valence-electron chi connectivity index (χ3n) is 13.3. The van der Waals surface area contributed by atoms with E-state index >= 15 is 0 Å². The zero-order valence-corrected chi connectivity index (χ0v) is 39.8. The van der Waals surface area contributed by atoms with Crippen molar-refractivity contribution in [2.75, 3.05) is 33.3 Å². The number of carbonyl (C=O) groups is 2. The van der Waals surface area contributed by atoms with Gasteiger partial charge >= 0.3 is 6.09 Å². The van der Waals surface area contributed by atoms with Gasteiger partial charge in [0.05, 0.1) is 7.11 Å². The van der Waals surface area contributed by atoms with Crippen molar-refractivity contribution >= 4 is 24.2 Å². The van der Waals surface area contributed by atoms with Crippen LogP contribution in [0.2, 0.25) is 0 Å². The van der Waals surface area contributed by atoms with Crippen LogP contribution in [0.4, 0.5) is 4.79 Å². The summed E-state index contributed by atoms with van der Waals surface area (Å²) in [6.07, 6.45) is 16.5. The van der Waals surface area contributed by atoms with E-state index in [1.165, 1.54) is 56.1 Å². The molecule has 2 N–H and O–H groups in total. The maximum Gasteiger partial charge on any atom is 0.410 e. The Bertz CT molecular complexity index is 2080. The number of methoxy groups -OCH3 is 1. The molecule has 64 heavy (non-hydrogen) atoms. The molecule has 0 spiro atoms. The zero-order chi connectivity index (χ0) is 45.4. The second kappa shape index (κ2) is 21.0. The highest BCUT2D eigenvalue weighted by atomic mass is 16.7. The van der Waals surface area contributed by atoms with E-state index in [2.05, 4.69) is 77.9 Å². The molecule has 10 heteroatoms. The second-order valence-electron chi connectivity index (χ2n) is 20.4. The van der Waals surface area contributed by atoms with E-state index in [-0.39, 0.29) is 18.0 Å². The Labute approximate surface area is 383 Å². The van der Waals surface area contributed by atoms with Crippen LogP contribution in [-0.4, -0.2) is 90.6 Å². The fourth-order valence-electron chi connectivity index (χ4n) is 10.6. The van der Waals surface area contributed by atoms with Crippen LogP contribution in [0.5, 0.6) is 17.2 Å². The summed E-state index contributed by atoms with van der Waals surface area (Å²) in [4.78, 5) is 31.0. The number of rotatable bonds is 12. The van der Waals surface area contributed by atoms with Gasteiger partial charge in [-0.15, -0.1) is 0 Å². The van der Waals surface area contributed by atoms with Crippen molar-refractivity contribution in [2.45, 2.75) is 148 Å². The van der Waals surface area contributed by atoms with Crippen molar-refractivity contribution in [3.05, 3.63) is 101 Å². The van der Waals surface area contributed by atoms with Gasteiger partial charge in [-0.1, -0.05) is 110 Å². The number of nitrogens with zero attached hydrogens (tertiary/aromatic N) is 2. The molecule has 2 saturated heterocycles.